The van der Waals surface area contributed by atoms with Crippen molar-refractivity contribution in [2.45, 2.75) is 4.21 Å². The minimum atomic E-state index is -3.60. The van der Waals surface area contributed by atoms with Gasteiger partial charge in [0.15, 0.2) is 0 Å². The molecule has 2 rings (SSSR count). The van der Waals surface area contributed by atoms with Crippen molar-refractivity contribution < 1.29 is 8.42 Å². The monoisotopic (exact) mass is 342 g/mol. The summed E-state index contributed by atoms with van der Waals surface area (Å²) in [6.45, 7) is 0. The molecule has 0 spiro atoms. The predicted octanol–water partition coefficient (Wildman–Crippen LogP) is 4.17. The van der Waals surface area contributed by atoms with Crippen LogP contribution in [0.1, 0.15) is 0 Å². The fraction of sp³-hybridized carbons (Fsp3) is 0. The summed E-state index contributed by atoms with van der Waals surface area (Å²) in [6.07, 6.45) is 0. The Labute approximate surface area is 108 Å². The van der Waals surface area contributed by atoms with E-state index in [1.165, 1.54) is 17.4 Å². The van der Waals surface area contributed by atoms with Crippen molar-refractivity contribution >= 4 is 58.3 Å². The zero-order chi connectivity index (χ0) is 11.1. The number of halogens is 2. The van der Waals surface area contributed by atoms with Crippen molar-refractivity contribution in [3.8, 4) is 9.75 Å². The summed E-state index contributed by atoms with van der Waals surface area (Å²) in [5.74, 6) is 0. The van der Waals surface area contributed by atoms with Gasteiger partial charge in [-0.15, -0.1) is 22.7 Å². The van der Waals surface area contributed by atoms with Crippen LogP contribution in [0.15, 0.2) is 32.3 Å². The molecule has 0 atom stereocenters. The predicted molar refractivity (Wildman–Crippen MR) is 68.4 cm³/mol. The highest BCUT2D eigenvalue weighted by Gasteiger charge is 2.14. The Morgan fingerprint density at radius 3 is 2.13 bits per heavy atom. The first kappa shape index (κ1) is 11.6. The van der Waals surface area contributed by atoms with Crippen LogP contribution in [-0.2, 0) is 9.05 Å². The van der Waals surface area contributed by atoms with E-state index in [4.69, 9.17) is 10.7 Å². The Bertz CT molecular complexity index is 585. The minimum absolute atomic E-state index is 0.184. The van der Waals surface area contributed by atoms with Crippen LogP contribution in [0.25, 0.3) is 9.75 Å². The van der Waals surface area contributed by atoms with Crippen molar-refractivity contribution in [2.75, 3.05) is 0 Å². The third-order valence-electron chi connectivity index (χ3n) is 1.64. The first-order valence-corrected chi connectivity index (χ1v) is 8.50. The molecule has 80 valence electrons. The Hall–Kier alpha value is 0.120. The van der Waals surface area contributed by atoms with Gasteiger partial charge in [-0.1, -0.05) is 0 Å². The highest BCUT2D eigenvalue weighted by molar-refractivity contribution is 9.11. The maximum atomic E-state index is 11.1. The highest BCUT2D eigenvalue weighted by Crippen LogP contribution is 2.37. The molecule has 2 aromatic heterocycles. The van der Waals surface area contributed by atoms with Gasteiger partial charge in [-0.25, -0.2) is 8.42 Å². The second-order valence-corrected chi connectivity index (χ2v) is 9.00. The van der Waals surface area contributed by atoms with Crippen LogP contribution >= 0.6 is 49.3 Å². The van der Waals surface area contributed by atoms with Crippen molar-refractivity contribution in [3.05, 3.63) is 28.1 Å². The molecular formula is C8H4BrClO2S3. The van der Waals surface area contributed by atoms with Crippen LogP contribution in [-0.4, -0.2) is 8.42 Å². The van der Waals surface area contributed by atoms with Crippen molar-refractivity contribution in [3.63, 3.8) is 0 Å². The number of rotatable bonds is 2. The average molecular weight is 344 g/mol. The van der Waals surface area contributed by atoms with Crippen molar-refractivity contribution in [1.82, 2.24) is 0 Å². The fourth-order valence-electron chi connectivity index (χ4n) is 1.03. The van der Waals surface area contributed by atoms with Gasteiger partial charge in [-0.2, -0.15) is 0 Å². The van der Waals surface area contributed by atoms with Crippen LogP contribution in [0.5, 0.6) is 0 Å². The number of hydrogen-bond acceptors (Lipinski definition) is 4. The molecule has 0 aliphatic carbocycles. The second-order valence-electron chi connectivity index (χ2n) is 2.66. The lowest BCUT2D eigenvalue weighted by Gasteiger charge is -1.88. The lowest BCUT2D eigenvalue weighted by Crippen LogP contribution is -1.82. The average Bonchev–Trinajstić information content (AvgIpc) is 2.69. The molecule has 0 aliphatic heterocycles. The molecule has 0 aromatic carbocycles. The van der Waals surface area contributed by atoms with Crippen molar-refractivity contribution in [2.24, 2.45) is 0 Å². The van der Waals surface area contributed by atoms with E-state index in [1.807, 2.05) is 12.1 Å². The number of hydrogen-bond donors (Lipinski definition) is 0. The molecule has 2 aromatic rings. The topological polar surface area (TPSA) is 34.1 Å². The fourth-order valence-corrected chi connectivity index (χ4v) is 4.58. The van der Waals surface area contributed by atoms with Crippen LogP contribution in [0.4, 0.5) is 0 Å². The van der Waals surface area contributed by atoms with Gasteiger partial charge in [-0.3, -0.25) is 0 Å². The summed E-state index contributed by atoms with van der Waals surface area (Å²) in [7, 11) is 1.64. The molecule has 0 bridgehead atoms. The van der Waals surface area contributed by atoms with Crippen LogP contribution in [0.2, 0.25) is 0 Å². The van der Waals surface area contributed by atoms with Gasteiger partial charge in [0, 0.05) is 20.4 Å². The molecule has 2 nitrogen and oxygen atoms in total. The first-order chi connectivity index (χ1) is 6.97. The van der Waals surface area contributed by atoms with E-state index in [1.54, 1.807) is 17.4 Å². The molecule has 0 saturated heterocycles. The lowest BCUT2D eigenvalue weighted by molar-refractivity contribution is 0.611. The van der Waals surface area contributed by atoms with Gasteiger partial charge < -0.3 is 0 Å². The van der Waals surface area contributed by atoms with E-state index in [9.17, 15) is 8.42 Å². The Balaban J connectivity index is 2.44. The smallest absolute Gasteiger partial charge is 0.206 e. The minimum Gasteiger partial charge on any atom is -0.206 e. The van der Waals surface area contributed by atoms with E-state index in [0.29, 0.717) is 0 Å². The molecule has 2 heterocycles. The Kier molecular flexibility index (Phi) is 3.23. The van der Waals surface area contributed by atoms with E-state index in [0.717, 1.165) is 13.5 Å². The molecule has 0 saturated carbocycles. The maximum absolute atomic E-state index is 11.1. The standard InChI is InChI=1S/C8H4BrClO2S3/c9-7-3-1-5(13-7)6-2-4-8(14-6)15(10,11)12/h1-4H. The summed E-state index contributed by atoms with van der Waals surface area (Å²) in [4.78, 5) is 1.93. The van der Waals surface area contributed by atoms with E-state index < -0.39 is 9.05 Å². The molecule has 0 N–H and O–H groups in total. The Morgan fingerprint density at radius 2 is 1.67 bits per heavy atom. The van der Waals surface area contributed by atoms with Gasteiger partial charge in [0.2, 0.25) is 0 Å². The van der Waals surface area contributed by atoms with Gasteiger partial charge in [0.05, 0.1) is 3.79 Å². The third-order valence-corrected chi connectivity index (χ3v) is 6.64. The summed E-state index contributed by atoms with van der Waals surface area (Å²) in [6, 6.07) is 7.15. The van der Waals surface area contributed by atoms with Gasteiger partial charge >= 0.3 is 0 Å². The molecule has 0 fully saturated rings. The normalized spacial score (nSPS) is 11.9. The Morgan fingerprint density at radius 1 is 1.07 bits per heavy atom. The number of thiophene rings is 2. The summed E-state index contributed by atoms with van der Waals surface area (Å²) < 4.78 is 23.3. The van der Waals surface area contributed by atoms with Gasteiger partial charge in [0.1, 0.15) is 4.21 Å². The summed E-state index contributed by atoms with van der Waals surface area (Å²) in [5.41, 5.74) is 0. The largest absolute Gasteiger partial charge is 0.270 e. The molecule has 0 amide bonds. The molecule has 7 heteroatoms. The highest BCUT2D eigenvalue weighted by atomic mass is 79.9. The first-order valence-electron chi connectivity index (χ1n) is 3.77. The molecule has 15 heavy (non-hydrogen) atoms. The van der Waals surface area contributed by atoms with E-state index in [2.05, 4.69) is 15.9 Å². The van der Waals surface area contributed by atoms with E-state index >= 15 is 0 Å². The third kappa shape index (κ3) is 2.62. The molecule has 0 radical (unpaired) electrons. The summed E-state index contributed by atoms with van der Waals surface area (Å²) >= 11 is 6.08. The maximum Gasteiger partial charge on any atom is 0.270 e. The molecular weight excluding hydrogens is 340 g/mol. The molecule has 0 unspecified atom stereocenters. The quantitative estimate of drug-likeness (QED) is 0.767. The second kappa shape index (κ2) is 4.18. The van der Waals surface area contributed by atoms with Crippen molar-refractivity contribution in [1.29, 1.82) is 0 Å². The van der Waals surface area contributed by atoms with Crippen LogP contribution in [0.3, 0.4) is 0 Å². The SMILES string of the molecule is O=S(=O)(Cl)c1ccc(-c2ccc(Br)s2)s1. The van der Waals surface area contributed by atoms with Gasteiger partial charge in [0.25, 0.3) is 9.05 Å². The zero-order valence-electron chi connectivity index (χ0n) is 7.11. The van der Waals surface area contributed by atoms with E-state index in [-0.39, 0.29) is 4.21 Å². The van der Waals surface area contributed by atoms with Gasteiger partial charge in [-0.05, 0) is 40.2 Å². The van der Waals surface area contributed by atoms with Crippen LogP contribution < -0.4 is 0 Å². The lowest BCUT2D eigenvalue weighted by atomic mass is 10.4. The van der Waals surface area contributed by atoms with Crippen LogP contribution in [0, 0.1) is 0 Å². The molecule has 0 aliphatic rings. The summed E-state index contributed by atoms with van der Waals surface area (Å²) in [5, 5.41) is 0. The zero-order valence-corrected chi connectivity index (χ0v) is 11.9.